The molecule has 0 saturated carbocycles. The normalized spacial score (nSPS) is 11.5. The summed E-state index contributed by atoms with van der Waals surface area (Å²) in [5.41, 5.74) is 5.24. The van der Waals surface area contributed by atoms with Crippen LogP contribution in [-0.4, -0.2) is 18.0 Å². The topological polar surface area (TPSA) is 55.1 Å². The van der Waals surface area contributed by atoms with E-state index in [4.69, 9.17) is 5.73 Å². The second-order valence-electron chi connectivity index (χ2n) is 2.77. The van der Waals surface area contributed by atoms with Crippen molar-refractivity contribution >= 4 is 6.41 Å². The fraction of sp³-hybridized carbons (Fsp3) is 0.889. The van der Waals surface area contributed by atoms with Crippen molar-refractivity contribution in [1.29, 1.82) is 0 Å². The van der Waals surface area contributed by atoms with Crippen LogP contribution in [0, 0.1) is 0 Å². The van der Waals surface area contributed by atoms with Gasteiger partial charge in [0.05, 0.1) is 0 Å². The first-order chi connectivity index (χ1) is 5.00. The van der Waals surface area contributed by atoms with Crippen LogP contribution in [0.1, 0.15) is 42.0 Å². The lowest BCUT2D eigenvalue weighted by atomic mass is 9.98. The third-order valence-electron chi connectivity index (χ3n) is 1.57. The van der Waals surface area contributed by atoms with Gasteiger partial charge in [-0.15, -0.1) is 0 Å². The van der Waals surface area contributed by atoms with Crippen LogP contribution >= 0.6 is 0 Å². The molecular weight excluding hydrogens is 152 g/mol. The van der Waals surface area contributed by atoms with Crippen molar-refractivity contribution < 1.29 is 4.79 Å². The van der Waals surface area contributed by atoms with Gasteiger partial charge in [-0.3, -0.25) is 4.79 Å². The van der Waals surface area contributed by atoms with Crippen LogP contribution in [0.4, 0.5) is 0 Å². The number of nitrogens with two attached hydrogens (primary N) is 1. The number of rotatable bonds is 3. The van der Waals surface area contributed by atoms with Gasteiger partial charge >= 0.3 is 0 Å². The number of hydrogen-bond donors (Lipinski definition) is 2. The van der Waals surface area contributed by atoms with Crippen molar-refractivity contribution in [3.63, 3.8) is 0 Å². The van der Waals surface area contributed by atoms with Crippen LogP contribution in [0.15, 0.2) is 0 Å². The maximum absolute atomic E-state index is 9.96. The molecule has 0 aliphatic carbocycles. The largest absolute Gasteiger partial charge is 0.352 e. The van der Waals surface area contributed by atoms with Gasteiger partial charge in [0.2, 0.25) is 6.41 Å². The first kappa shape index (κ1) is 17.5. The Balaban J connectivity index is -0.000000249. The van der Waals surface area contributed by atoms with Gasteiger partial charge in [0.15, 0.2) is 0 Å². The summed E-state index contributed by atoms with van der Waals surface area (Å²) in [7, 11) is 0. The maximum Gasteiger partial charge on any atom is 0.207 e. The third kappa shape index (κ3) is 7.54. The molecule has 76 valence electrons. The fourth-order valence-electron chi connectivity index (χ4n) is 0.283. The molecule has 0 saturated heterocycles. The van der Waals surface area contributed by atoms with Gasteiger partial charge in [-0.25, -0.2) is 0 Å². The molecule has 0 aromatic heterocycles. The van der Waals surface area contributed by atoms with Gasteiger partial charge in [0.25, 0.3) is 0 Å². The molecule has 1 amide bonds. The Labute approximate surface area is 76.7 Å². The van der Waals surface area contributed by atoms with E-state index in [1.165, 1.54) is 0 Å². The van der Waals surface area contributed by atoms with Gasteiger partial charge < -0.3 is 11.1 Å². The summed E-state index contributed by atoms with van der Waals surface area (Å²) in [6.07, 6.45) is 0.670. The molecule has 0 aromatic rings. The Morgan fingerprint density at radius 3 is 1.83 bits per heavy atom. The molecule has 1 atom stereocenters. The van der Waals surface area contributed by atoms with Crippen LogP contribution in [0.5, 0.6) is 0 Å². The van der Waals surface area contributed by atoms with E-state index >= 15 is 0 Å². The first-order valence-corrected chi connectivity index (χ1v) is 3.97. The van der Waals surface area contributed by atoms with Crippen molar-refractivity contribution in [2.45, 2.75) is 53.6 Å². The molecule has 0 spiro atoms. The molecule has 0 heterocycles. The Kier molecular flexibility index (Phi) is 12.4. The van der Waals surface area contributed by atoms with Crippen LogP contribution in [0.2, 0.25) is 0 Å². The highest BCUT2D eigenvalue weighted by Gasteiger charge is 2.20. The number of amides is 1. The zero-order valence-electron chi connectivity index (χ0n) is 8.14. The number of hydrogen-bond acceptors (Lipinski definition) is 2. The van der Waals surface area contributed by atoms with Crippen molar-refractivity contribution in [3.05, 3.63) is 0 Å². The zero-order chi connectivity index (χ0) is 9.49. The summed E-state index contributed by atoms with van der Waals surface area (Å²) >= 11 is 0. The molecule has 3 nitrogen and oxygen atoms in total. The minimum atomic E-state index is -0.290. The van der Waals surface area contributed by atoms with Crippen LogP contribution in [-0.2, 0) is 4.79 Å². The second-order valence-corrected chi connectivity index (χ2v) is 2.77. The molecule has 0 fully saturated rings. The number of carbonyl (C=O) groups excluding carboxylic acids is 1. The molecule has 1 unspecified atom stereocenters. The standard InChI is InChI=1S/C6H14N2O.C2H6.CH4/c1-5(7)6(2,3)8-4-9;1-2;/h4-5H,7H2,1-3H3,(H,8,9);1-2H3;1H4. The maximum atomic E-state index is 9.96. The highest BCUT2D eigenvalue weighted by molar-refractivity contribution is 5.47. The molecule has 3 N–H and O–H groups in total. The highest BCUT2D eigenvalue weighted by Crippen LogP contribution is 2.03. The molecular formula is C9H24N2O. The summed E-state index contributed by atoms with van der Waals surface area (Å²) in [4.78, 5) is 9.96. The average molecular weight is 176 g/mol. The van der Waals surface area contributed by atoms with Crippen LogP contribution in [0.3, 0.4) is 0 Å². The van der Waals surface area contributed by atoms with E-state index < -0.39 is 0 Å². The lowest BCUT2D eigenvalue weighted by Crippen LogP contribution is -2.51. The van der Waals surface area contributed by atoms with Crippen molar-refractivity contribution in [1.82, 2.24) is 5.32 Å². The Morgan fingerprint density at radius 2 is 1.75 bits per heavy atom. The minimum absolute atomic E-state index is 0. The monoisotopic (exact) mass is 176 g/mol. The summed E-state index contributed by atoms with van der Waals surface area (Å²) < 4.78 is 0. The number of nitrogens with one attached hydrogen (secondary N) is 1. The lowest BCUT2D eigenvalue weighted by molar-refractivity contribution is -0.111. The van der Waals surface area contributed by atoms with E-state index in [0.29, 0.717) is 6.41 Å². The molecule has 0 bridgehead atoms. The van der Waals surface area contributed by atoms with E-state index in [-0.39, 0.29) is 19.0 Å². The smallest absolute Gasteiger partial charge is 0.207 e. The van der Waals surface area contributed by atoms with Crippen LogP contribution in [0.25, 0.3) is 0 Å². The molecule has 0 aliphatic rings. The van der Waals surface area contributed by atoms with E-state index in [0.717, 1.165) is 0 Å². The third-order valence-corrected chi connectivity index (χ3v) is 1.57. The van der Waals surface area contributed by atoms with Crippen molar-refractivity contribution in [3.8, 4) is 0 Å². The van der Waals surface area contributed by atoms with Crippen molar-refractivity contribution in [2.24, 2.45) is 5.73 Å². The van der Waals surface area contributed by atoms with Crippen molar-refractivity contribution in [2.75, 3.05) is 0 Å². The summed E-state index contributed by atoms with van der Waals surface area (Å²) in [5.74, 6) is 0. The Bertz CT molecular complexity index is 101. The first-order valence-electron chi connectivity index (χ1n) is 3.97. The predicted octanol–water partition coefficient (Wildman–Crippen LogP) is 1.52. The molecule has 3 heteroatoms. The van der Waals surface area contributed by atoms with E-state index in [1.54, 1.807) is 0 Å². The van der Waals surface area contributed by atoms with Gasteiger partial charge in [0.1, 0.15) is 0 Å². The highest BCUT2D eigenvalue weighted by atomic mass is 16.1. The average Bonchev–Trinajstić information content (AvgIpc) is 1.92. The van der Waals surface area contributed by atoms with E-state index in [2.05, 4.69) is 5.32 Å². The predicted molar refractivity (Wildman–Crippen MR) is 55.0 cm³/mol. The van der Waals surface area contributed by atoms with Gasteiger partial charge in [-0.1, -0.05) is 21.3 Å². The lowest BCUT2D eigenvalue weighted by Gasteiger charge is -2.27. The summed E-state index contributed by atoms with van der Waals surface area (Å²) in [6, 6.07) is -0.0253. The SMILES string of the molecule is C.CC.CC(N)C(C)(C)NC=O. The molecule has 0 radical (unpaired) electrons. The van der Waals surface area contributed by atoms with E-state index in [9.17, 15) is 4.79 Å². The number of carbonyl (C=O) groups is 1. The summed E-state index contributed by atoms with van der Waals surface area (Å²) in [6.45, 7) is 9.62. The van der Waals surface area contributed by atoms with E-state index in [1.807, 2.05) is 34.6 Å². The minimum Gasteiger partial charge on any atom is -0.352 e. The van der Waals surface area contributed by atoms with Gasteiger partial charge in [-0.2, -0.15) is 0 Å². The molecule has 0 rings (SSSR count). The Hall–Kier alpha value is -0.570. The second kappa shape index (κ2) is 8.53. The molecule has 0 aromatic carbocycles. The fourth-order valence-corrected chi connectivity index (χ4v) is 0.283. The van der Waals surface area contributed by atoms with Gasteiger partial charge in [-0.05, 0) is 20.8 Å². The van der Waals surface area contributed by atoms with Gasteiger partial charge in [0, 0.05) is 11.6 Å². The quantitative estimate of drug-likeness (QED) is 0.641. The summed E-state index contributed by atoms with van der Waals surface area (Å²) in [5, 5.41) is 2.62. The zero-order valence-corrected chi connectivity index (χ0v) is 8.14. The Morgan fingerprint density at radius 1 is 1.42 bits per heavy atom. The molecule has 0 aliphatic heterocycles. The molecule has 12 heavy (non-hydrogen) atoms. The van der Waals surface area contributed by atoms with Crippen LogP contribution < -0.4 is 11.1 Å².